The summed E-state index contributed by atoms with van der Waals surface area (Å²) < 4.78 is 0.731. The maximum absolute atomic E-state index is 12.6. The Morgan fingerprint density at radius 1 is 1.09 bits per heavy atom. The number of halogens is 3. The number of pyridine rings is 1. The molecule has 1 aromatic carbocycles. The molecular weight excluding hydrogens is 401 g/mol. The van der Waals surface area contributed by atoms with Crippen molar-refractivity contribution < 1.29 is 4.79 Å². The zero-order chi connectivity index (χ0) is 16.4. The molecule has 1 aliphatic rings. The van der Waals surface area contributed by atoms with Gasteiger partial charge in [-0.05, 0) is 40.2 Å². The third kappa shape index (κ3) is 3.62. The first-order chi connectivity index (χ1) is 11.1. The van der Waals surface area contributed by atoms with Crippen molar-refractivity contribution in [3.63, 3.8) is 0 Å². The van der Waals surface area contributed by atoms with Crippen LogP contribution in [0.1, 0.15) is 10.4 Å². The molecule has 0 radical (unpaired) electrons. The first-order valence-electron chi connectivity index (χ1n) is 7.16. The molecule has 0 aliphatic carbocycles. The number of rotatable bonds is 2. The minimum atomic E-state index is -0.0417. The highest BCUT2D eigenvalue weighted by Gasteiger charge is 2.24. The van der Waals surface area contributed by atoms with E-state index in [1.165, 1.54) is 0 Å². The van der Waals surface area contributed by atoms with Gasteiger partial charge in [-0.2, -0.15) is 0 Å². The number of carbonyl (C=O) groups excluding carboxylic acids is 1. The molecule has 2 heterocycles. The Labute approximate surface area is 153 Å². The smallest absolute Gasteiger partial charge is 0.255 e. The molecule has 0 atom stereocenters. The van der Waals surface area contributed by atoms with Gasteiger partial charge in [-0.25, -0.2) is 4.98 Å². The molecule has 1 fully saturated rings. The number of hydrogen-bond acceptors (Lipinski definition) is 3. The van der Waals surface area contributed by atoms with Gasteiger partial charge in [0.15, 0.2) is 0 Å². The van der Waals surface area contributed by atoms with E-state index in [0.29, 0.717) is 28.7 Å². The van der Waals surface area contributed by atoms with Crippen molar-refractivity contribution in [3.05, 3.63) is 56.6 Å². The van der Waals surface area contributed by atoms with Crippen molar-refractivity contribution in [3.8, 4) is 0 Å². The van der Waals surface area contributed by atoms with Crippen LogP contribution in [0.25, 0.3) is 0 Å². The minimum absolute atomic E-state index is 0.0417. The van der Waals surface area contributed by atoms with E-state index < -0.39 is 0 Å². The average Bonchev–Trinajstić information content (AvgIpc) is 2.58. The lowest BCUT2D eigenvalue weighted by molar-refractivity contribution is 0.0746. The van der Waals surface area contributed by atoms with Crippen LogP contribution < -0.4 is 4.90 Å². The van der Waals surface area contributed by atoms with Crippen molar-refractivity contribution in [1.29, 1.82) is 0 Å². The number of amides is 1. The van der Waals surface area contributed by atoms with Gasteiger partial charge >= 0.3 is 0 Å². The number of hydrogen-bond donors (Lipinski definition) is 0. The van der Waals surface area contributed by atoms with Gasteiger partial charge in [0.05, 0.1) is 15.6 Å². The maximum Gasteiger partial charge on any atom is 0.255 e. The molecule has 120 valence electrons. The average molecular weight is 415 g/mol. The monoisotopic (exact) mass is 413 g/mol. The van der Waals surface area contributed by atoms with E-state index in [2.05, 4.69) is 25.8 Å². The number of carbonyl (C=O) groups is 1. The molecule has 0 unspecified atom stereocenters. The highest BCUT2D eigenvalue weighted by Crippen LogP contribution is 2.27. The summed E-state index contributed by atoms with van der Waals surface area (Å²) in [6, 6.07) is 9.11. The van der Waals surface area contributed by atoms with Crippen LogP contribution >= 0.6 is 39.1 Å². The largest absolute Gasteiger partial charge is 0.353 e. The Hall–Kier alpha value is -1.30. The van der Waals surface area contributed by atoms with Gasteiger partial charge in [-0.15, -0.1) is 0 Å². The summed E-state index contributed by atoms with van der Waals surface area (Å²) in [5, 5.41) is 1.08. The standard InChI is InChI=1S/C16H14BrCl2N3O/c17-13-3-1-2-12(15(13)19)16(23)22-8-6-21(7-9-22)14-5-4-11(18)10-20-14/h1-5,10H,6-9H2. The van der Waals surface area contributed by atoms with Crippen molar-refractivity contribution in [2.45, 2.75) is 0 Å². The van der Waals surface area contributed by atoms with E-state index in [0.717, 1.165) is 23.4 Å². The lowest BCUT2D eigenvalue weighted by atomic mass is 10.2. The van der Waals surface area contributed by atoms with E-state index in [4.69, 9.17) is 23.2 Å². The second-order valence-electron chi connectivity index (χ2n) is 5.22. The summed E-state index contributed by atoms with van der Waals surface area (Å²) >= 11 is 15.4. The molecule has 1 saturated heterocycles. The molecule has 7 heteroatoms. The van der Waals surface area contributed by atoms with Crippen LogP contribution in [0.4, 0.5) is 5.82 Å². The van der Waals surface area contributed by atoms with E-state index >= 15 is 0 Å². The van der Waals surface area contributed by atoms with Crippen LogP contribution in [-0.2, 0) is 0 Å². The summed E-state index contributed by atoms with van der Waals surface area (Å²) in [6.07, 6.45) is 1.63. The summed E-state index contributed by atoms with van der Waals surface area (Å²) in [4.78, 5) is 20.9. The summed E-state index contributed by atoms with van der Waals surface area (Å²) in [7, 11) is 0. The highest BCUT2D eigenvalue weighted by atomic mass is 79.9. The fourth-order valence-electron chi connectivity index (χ4n) is 2.53. The van der Waals surface area contributed by atoms with Crippen LogP contribution in [0.15, 0.2) is 41.0 Å². The fourth-order valence-corrected chi connectivity index (χ4v) is 3.22. The normalized spacial score (nSPS) is 14.9. The number of piperazine rings is 1. The zero-order valence-corrected chi connectivity index (χ0v) is 15.3. The third-order valence-corrected chi connectivity index (χ3v) is 5.30. The minimum Gasteiger partial charge on any atom is -0.353 e. The number of anilines is 1. The second kappa shape index (κ2) is 7.07. The zero-order valence-electron chi connectivity index (χ0n) is 12.2. The van der Waals surface area contributed by atoms with Crippen LogP contribution in [-0.4, -0.2) is 42.0 Å². The molecule has 1 aliphatic heterocycles. The van der Waals surface area contributed by atoms with Crippen LogP contribution in [0.5, 0.6) is 0 Å². The first kappa shape index (κ1) is 16.6. The molecule has 4 nitrogen and oxygen atoms in total. The van der Waals surface area contributed by atoms with Gasteiger partial charge in [0, 0.05) is 36.8 Å². The predicted molar refractivity (Wildman–Crippen MR) is 96.5 cm³/mol. The molecule has 3 rings (SSSR count). The molecule has 0 spiro atoms. The lowest BCUT2D eigenvalue weighted by Crippen LogP contribution is -2.49. The van der Waals surface area contributed by atoms with Gasteiger partial charge in [-0.1, -0.05) is 29.3 Å². The number of nitrogens with zero attached hydrogens (tertiary/aromatic N) is 3. The van der Waals surface area contributed by atoms with Gasteiger partial charge in [0.1, 0.15) is 5.82 Å². The van der Waals surface area contributed by atoms with Crippen molar-refractivity contribution in [2.24, 2.45) is 0 Å². The van der Waals surface area contributed by atoms with E-state index in [9.17, 15) is 4.79 Å². The molecule has 23 heavy (non-hydrogen) atoms. The SMILES string of the molecule is O=C(c1cccc(Br)c1Cl)N1CCN(c2ccc(Cl)cn2)CC1. The molecule has 2 aromatic rings. The number of aromatic nitrogens is 1. The maximum atomic E-state index is 12.6. The number of benzene rings is 1. The summed E-state index contributed by atoms with van der Waals surface area (Å²) in [6.45, 7) is 2.72. The topological polar surface area (TPSA) is 36.4 Å². The fraction of sp³-hybridized carbons (Fsp3) is 0.250. The molecule has 1 amide bonds. The third-order valence-electron chi connectivity index (χ3n) is 3.78. The molecule has 0 N–H and O–H groups in total. The Kier molecular flexibility index (Phi) is 5.09. The van der Waals surface area contributed by atoms with Gasteiger partial charge in [-0.3, -0.25) is 4.79 Å². The lowest BCUT2D eigenvalue weighted by Gasteiger charge is -2.35. The van der Waals surface area contributed by atoms with Crippen molar-refractivity contribution in [2.75, 3.05) is 31.1 Å². The van der Waals surface area contributed by atoms with E-state index in [1.54, 1.807) is 12.3 Å². The van der Waals surface area contributed by atoms with Crippen LogP contribution in [0.2, 0.25) is 10.0 Å². The Balaban J connectivity index is 1.68. The van der Waals surface area contributed by atoms with Crippen molar-refractivity contribution in [1.82, 2.24) is 9.88 Å². The van der Waals surface area contributed by atoms with Gasteiger partial charge < -0.3 is 9.80 Å². The predicted octanol–water partition coefficient (Wildman–Crippen LogP) is 4.11. The van der Waals surface area contributed by atoms with Gasteiger partial charge in [0.25, 0.3) is 5.91 Å². The summed E-state index contributed by atoms with van der Waals surface area (Å²) in [5.41, 5.74) is 0.527. The van der Waals surface area contributed by atoms with E-state index in [-0.39, 0.29) is 5.91 Å². The molecular formula is C16H14BrCl2N3O. The van der Waals surface area contributed by atoms with Crippen LogP contribution in [0.3, 0.4) is 0 Å². The molecule has 0 saturated carbocycles. The van der Waals surface area contributed by atoms with Crippen molar-refractivity contribution >= 4 is 50.9 Å². The quantitative estimate of drug-likeness (QED) is 0.741. The van der Waals surface area contributed by atoms with Gasteiger partial charge in [0.2, 0.25) is 0 Å². The Morgan fingerprint density at radius 3 is 2.48 bits per heavy atom. The highest BCUT2D eigenvalue weighted by molar-refractivity contribution is 9.10. The van der Waals surface area contributed by atoms with Crippen LogP contribution in [0, 0.1) is 0 Å². The molecule has 0 bridgehead atoms. The summed E-state index contributed by atoms with van der Waals surface area (Å²) in [5.74, 6) is 0.835. The molecule has 1 aromatic heterocycles. The first-order valence-corrected chi connectivity index (χ1v) is 8.71. The Morgan fingerprint density at radius 2 is 1.83 bits per heavy atom. The Bertz CT molecular complexity index is 716. The second-order valence-corrected chi connectivity index (χ2v) is 6.88. The van der Waals surface area contributed by atoms with E-state index in [1.807, 2.05) is 29.2 Å².